The first kappa shape index (κ1) is 12.2. The van der Waals surface area contributed by atoms with Crippen molar-refractivity contribution < 1.29 is 15.0 Å². The molecule has 0 aliphatic carbocycles. The highest BCUT2D eigenvalue weighted by Crippen LogP contribution is 2.32. The standard InChI is InChI=1S/C16H11NO3/c18-14-8-4-2-6-11(14)12-9-10-5-1-3-7-13(10)17-15(12)16(19)20/h1-9,18H,(H,19,20). The Kier molecular flexibility index (Phi) is 2.84. The molecular weight excluding hydrogens is 254 g/mol. The van der Waals surface area contributed by atoms with Crippen molar-refractivity contribution in [2.24, 2.45) is 0 Å². The lowest BCUT2D eigenvalue weighted by molar-refractivity contribution is 0.0692. The second-order valence-corrected chi connectivity index (χ2v) is 4.40. The third-order valence-electron chi connectivity index (χ3n) is 3.12. The molecule has 0 saturated carbocycles. The molecular formula is C16H11NO3. The van der Waals surface area contributed by atoms with E-state index in [9.17, 15) is 15.0 Å². The molecule has 0 unspecified atom stereocenters. The summed E-state index contributed by atoms with van der Waals surface area (Å²) in [5.41, 5.74) is 1.42. The first-order valence-corrected chi connectivity index (χ1v) is 6.08. The molecule has 4 nitrogen and oxygen atoms in total. The van der Waals surface area contributed by atoms with E-state index >= 15 is 0 Å². The summed E-state index contributed by atoms with van der Waals surface area (Å²) in [5.74, 6) is -1.08. The first-order valence-electron chi connectivity index (χ1n) is 6.08. The van der Waals surface area contributed by atoms with Crippen LogP contribution in [0.25, 0.3) is 22.0 Å². The number of aromatic nitrogens is 1. The number of carbonyl (C=O) groups is 1. The van der Waals surface area contributed by atoms with Crippen LogP contribution in [0.15, 0.2) is 54.6 Å². The zero-order valence-electron chi connectivity index (χ0n) is 10.4. The van der Waals surface area contributed by atoms with Crippen LogP contribution in [-0.2, 0) is 0 Å². The highest BCUT2D eigenvalue weighted by atomic mass is 16.4. The van der Waals surface area contributed by atoms with Crippen LogP contribution in [0, 0.1) is 0 Å². The van der Waals surface area contributed by atoms with Gasteiger partial charge in [0.2, 0.25) is 0 Å². The maximum atomic E-state index is 11.4. The monoisotopic (exact) mass is 265 g/mol. The van der Waals surface area contributed by atoms with Gasteiger partial charge in [0.15, 0.2) is 5.69 Å². The molecule has 0 bridgehead atoms. The van der Waals surface area contributed by atoms with Crippen molar-refractivity contribution in [1.82, 2.24) is 4.98 Å². The molecule has 2 N–H and O–H groups in total. The molecule has 0 atom stereocenters. The summed E-state index contributed by atoms with van der Waals surface area (Å²) in [7, 11) is 0. The smallest absolute Gasteiger partial charge is 0.355 e. The topological polar surface area (TPSA) is 70.4 Å². The minimum absolute atomic E-state index is 0.0343. The van der Waals surface area contributed by atoms with Crippen molar-refractivity contribution in [1.29, 1.82) is 0 Å². The van der Waals surface area contributed by atoms with E-state index in [1.165, 1.54) is 6.07 Å². The average molecular weight is 265 g/mol. The molecule has 0 spiro atoms. The van der Waals surface area contributed by atoms with Crippen LogP contribution < -0.4 is 0 Å². The molecule has 0 saturated heterocycles. The molecule has 0 aliphatic rings. The van der Waals surface area contributed by atoms with E-state index in [0.29, 0.717) is 16.6 Å². The number of phenols is 1. The van der Waals surface area contributed by atoms with Crippen molar-refractivity contribution >= 4 is 16.9 Å². The summed E-state index contributed by atoms with van der Waals surface area (Å²) in [6.07, 6.45) is 0. The number of hydrogen-bond donors (Lipinski definition) is 2. The number of rotatable bonds is 2. The minimum Gasteiger partial charge on any atom is -0.507 e. The van der Waals surface area contributed by atoms with Crippen molar-refractivity contribution in [3.63, 3.8) is 0 Å². The number of carboxylic acids is 1. The number of para-hydroxylation sites is 2. The highest BCUT2D eigenvalue weighted by molar-refractivity contribution is 5.99. The van der Waals surface area contributed by atoms with Gasteiger partial charge < -0.3 is 10.2 Å². The quantitative estimate of drug-likeness (QED) is 0.745. The summed E-state index contributed by atoms with van der Waals surface area (Å²) >= 11 is 0. The van der Waals surface area contributed by atoms with Crippen LogP contribution in [0.4, 0.5) is 0 Å². The molecule has 0 fully saturated rings. The van der Waals surface area contributed by atoms with Gasteiger partial charge in [-0.2, -0.15) is 0 Å². The van der Waals surface area contributed by atoms with Crippen LogP contribution in [0.5, 0.6) is 5.75 Å². The lowest BCUT2D eigenvalue weighted by atomic mass is 10.0. The normalized spacial score (nSPS) is 10.6. The van der Waals surface area contributed by atoms with E-state index in [1.807, 2.05) is 12.1 Å². The van der Waals surface area contributed by atoms with Crippen molar-refractivity contribution in [2.45, 2.75) is 0 Å². The zero-order valence-corrected chi connectivity index (χ0v) is 10.4. The molecule has 2 aromatic carbocycles. The molecule has 4 heteroatoms. The molecule has 1 aromatic heterocycles. The maximum Gasteiger partial charge on any atom is 0.355 e. The average Bonchev–Trinajstić information content (AvgIpc) is 2.46. The third-order valence-corrected chi connectivity index (χ3v) is 3.12. The molecule has 98 valence electrons. The van der Waals surface area contributed by atoms with Gasteiger partial charge in [0.1, 0.15) is 5.75 Å². The summed E-state index contributed by atoms with van der Waals surface area (Å²) in [6.45, 7) is 0. The molecule has 3 aromatic rings. The van der Waals surface area contributed by atoms with Crippen LogP contribution in [0.1, 0.15) is 10.5 Å². The summed E-state index contributed by atoms with van der Waals surface area (Å²) in [6, 6.07) is 15.7. The van der Waals surface area contributed by atoms with E-state index < -0.39 is 5.97 Å². The van der Waals surface area contributed by atoms with Crippen LogP contribution in [0.2, 0.25) is 0 Å². The molecule has 0 amide bonds. The minimum atomic E-state index is -1.12. The van der Waals surface area contributed by atoms with Crippen molar-refractivity contribution in [3.05, 3.63) is 60.3 Å². The Morgan fingerprint density at radius 1 is 0.950 bits per heavy atom. The van der Waals surface area contributed by atoms with E-state index in [2.05, 4.69) is 4.98 Å². The highest BCUT2D eigenvalue weighted by Gasteiger charge is 2.17. The Morgan fingerprint density at radius 3 is 2.40 bits per heavy atom. The van der Waals surface area contributed by atoms with Crippen LogP contribution >= 0.6 is 0 Å². The maximum absolute atomic E-state index is 11.4. The molecule has 0 radical (unpaired) electrons. The summed E-state index contributed by atoms with van der Waals surface area (Å²) < 4.78 is 0. The Morgan fingerprint density at radius 2 is 1.65 bits per heavy atom. The fraction of sp³-hybridized carbons (Fsp3) is 0. The van der Waals surface area contributed by atoms with Gasteiger partial charge in [0, 0.05) is 16.5 Å². The van der Waals surface area contributed by atoms with Gasteiger partial charge in [-0.05, 0) is 18.2 Å². The number of fused-ring (bicyclic) bond motifs is 1. The Balaban J connectivity index is 2.36. The van der Waals surface area contributed by atoms with E-state index in [0.717, 1.165) is 5.39 Å². The number of aromatic carboxylic acids is 1. The summed E-state index contributed by atoms with van der Waals surface area (Å²) in [5, 5.41) is 20.1. The molecule has 3 rings (SSSR count). The van der Waals surface area contributed by atoms with Gasteiger partial charge >= 0.3 is 5.97 Å². The van der Waals surface area contributed by atoms with Crippen molar-refractivity contribution in [2.75, 3.05) is 0 Å². The number of aromatic hydroxyl groups is 1. The number of hydrogen-bond acceptors (Lipinski definition) is 3. The lowest BCUT2D eigenvalue weighted by Gasteiger charge is -2.09. The number of phenolic OH excluding ortho intramolecular Hbond substituents is 1. The Bertz CT molecular complexity index is 812. The van der Waals surface area contributed by atoms with E-state index in [4.69, 9.17) is 0 Å². The Labute approximate surface area is 115 Å². The lowest BCUT2D eigenvalue weighted by Crippen LogP contribution is -2.03. The molecule has 20 heavy (non-hydrogen) atoms. The first-order chi connectivity index (χ1) is 9.66. The molecule has 0 aliphatic heterocycles. The van der Waals surface area contributed by atoms with Gasteiger partial charge in [0.25, 0.3) is 0 Å². The van der Waals surface area contributed by atoms with Crippen molar-refractivity contribution in [3.8, 4) is 16.9 Å². The fourth-order valence-corrected chi connectivity index (χ4v) is 2.19. The second kappa shape index (κ2) is 4.66. The number of pyridine rings is 1. The van der Waals surface area contributed by atoms with Crippen LogP contribution in [-0.4, -0.2) is 21.2 Å². The largest absolute Gasteiger partial charge is 0.507 e. The fourth-order valence-electron chi connectivity index (χ4n) is 2.19. The summed E-state index contributed by atoms with van der Waals surface area (Å²) in [4.78, 5) is 15.6. The molecule has 1 heterocycles. The van der Waals surface area contributed by atoms with Crippen LogP contribution in [0.3, 0.4) is 0 Å². The second-order valence-electron chi connectivity index (χ2n) is 4.40. The SMILES string of the molecule is O=C(O)c1nc2ccccc2cc1-c1ccccc1O. The Hall–Kier alpha value is -2.88. The van der Waals surface area contributed by atoms with Gasteiger partial charge in [-0.1, -0.05) is 36.4 Å². The van der Waals surface area contributed by atoms with E-state index in [-0.39, 0.29) is 11.4 Å². The van der Waals surface area contributed by atoms with Gasteiger partial charge in [0.05, 0.1) is 5.52 Å². The number of nitrogens with zero attached hydrogens (tertiary/aromatic N) is 1. The predicted molar refractivity (Wildman–Crippen MR) is 75.8 cm³/mol. The predicted octanol–water partition coefficient (Wildman–Crippen LogP) is 3.31. The van der Waals surface area contributed by atoms with Gasteiger partial charge in [-0.25, -0.2) is 9.78 Å². The van der Waals surface area contributed by atoms with E-state index in [1.54, 1.807) is 36.4 Å². The number of carboxylic acid groups (broad SMARTS) is 1. The number of benzene rings is 2. The zero-order chi connectivity index (χ0) is 14.1. The van der Waals surface area contributed by atoms with Gasteiger partial charge in [-0.3, -0.25) is 0 Å². The third kappa shape index (κ3) is 1.97. The van der Waals surface area contributed by atoms with Gasteiger partial charge in [-0.15, -0.1) is 0 Å².